The van der Waals surface area contributed by atoms with Crippen molar-refractivity contribution in [3.05, 3.63) is 11.6 Å². The van der Waals surface area contributed by atoms with Gasteiger partial charge in [-0.25, -0.2) is 4.79 Å². The van der Waals surface area contributed by atoms with Gasteiger partial charge in [0.15, 0.2) is 0 Å². The molecule has 0 amide bonds. The van der Waals surface area contributed by atoms with Gasteiger partial charge in [0, 0.05) is 5.57 Å². The molecule has 3 heterocycles. The second-order valence-electron chi connectivity index (χ2n) is 13.9. The van der Waals surface area contributed by atoms with Crippen molar-refractivity contribution in [3.63, 3.8) is 0 Å². The predicted octanol–water partition coefficient (Wildman–Crippen LogP) is 8.89. The maximum atomic E-state index is 11.6. The van der Waals surface area contributed by atoms with Crippen LogP contribution in [-0.4, -0.2) is 58.9 Å². The van der Waals surface area contributed by atoms with E-state index in [1.54, 1.807) is 0 Å². The Kier molecular flexibility index (Phi) is 18.5. The van der Waals surface area contributed by atoms with Gasteiger partial charge >= 0.3 is 5.97 Å². The average Bonchev–Trinajstić information content (AvgIpc) is 3.75. The van der Waals surface area contributed by atoms with Gasteiger partial charge < -0.3 is 24.4 Å². The summed E-state index contributed by atoms with van der Waals surface area (Å²) in [6.07, 6.45) is 29.9. The van der Waals surface area contributed by atoms with Crippen molar-refractivity contribution in [2.45, 2.75) is 217 Å². The quantitative estimate of drug-likeness (QED) is 0.0797. The molecule has 3 aliphatic heterocycles. The van der Waals surface area contributed by atoms with Crippen molar-refractivity contribution in [2.24, 2.45) is 0 Å². The summed E-state index contributed by atoms with van der Waals surface area (Å²) in [5, 5.41) is 21.5. The van der Waals surface area contributed by atoms with Gasteiger partial charge in [-0.15, -0.1) is 0 Å². The molecule has 0 aromatic heterocycles. The fraction of sp³-hybridized carbons (Fsp3) is 0.919. The molecule has 3 rings (SSSR count). The number of aliphatic hydroxyl groups is 2. The van der Waals surface area contributed by atoms with Crippen LogP contribution in [0.5, 0.6) is 0 Å². The molecule has 0 aromatic carbocycles. The third kappa shape index (κ3) is 14.3. The van der Waals surface area contributed by atoms with Crippen molar-refractivity contribution in [1.82, 2.24) is 0 Å². The second-order valence-corrected chi connectivity index (χ2v) is 13.9. The molecular weight excluding hydrogens is 540 g/mol. The first-order chi connectivity index (χ1) is 21.0. The number of unbranched alkanes of at least 4 members (excludes halogenated alkanes) is 16. The fourth-order valence-electron chi connectivity index (χ4n) is 7.25. The van der Waals surface area contributed by atoms with Crippen LogP contribution in [0.2, 0.25) is 0 Å². The SMILES string of the molecule is CCCCCCCCCCCC[C@@H](O)[C@H]1CC[C@H]([C@H]2CC[C@H]([C@H](O)CCCCCCCCCCC3=CC(C)OC3=O)O2)O1. The summed E-state index contributed by atoms with van der Waals surface area (Å²) in [4.78, 5) is 11.6. The van der Waals surface area contributed by atoms with Crippen LogP contribution in [0.4, 0.5) is 0 Å². The van der Waals surface area contributed by atoms with Gasteiger partial charge in [0.05, 0.1) is 36.6 Å². The molecule has 43 heavy (non-hydrogen) atoms. The molecule has 250 valence electrons. The lowest BCUT2D eigenvalue weighted by Gasteiger charge is -2.24. The third-order valence-electron chi connectivity index (χ3n) is 9.98. The van der Waals surface area contributed by atoms with Crippen molar-refractivity contribution in [3.8, 4) is 0 Å². The van der Waals surface area contributed by atoms with E-state index in [-0.39, 0.29) is 48.7 Å². The highest BCUT2D eigenvalue weighted by Crippen LogP contribution is 2.34. The minimum Gasteiger partial charge on any atom is -0.455 e. The lowest BCUT2D eigenvalue weighted by molar-refractivity contribution is -0.139. The molecule has 6 heteroatoms. The Morgan fingerprint density at radius 1 is 0.651 bits per heavy atom. The van der Waals surface area contributed by atoms with Gasteiger partial charge in [-0.1, -0.05) is 116 Å². The van der Waals surface area contributed by atoms with Crippen molar-refractivity contribution in [1.29, 1.82) is 0 Å². The molecule has 6 nitrogen and oxygen atoms in total. The Bertz CT molecular complexity index is 768. The van der Waals surface area contributed by atoms with Crippen LogP contribution in [0.1, 0.15) is 174 Å². The van der Waals surface area contributed by atoms with Gasteiger partial charge in [-0.05, 0) is 64.4 Å². The second kappa shape index (κ2) is 21.7. The molecule has 1 unspecified atom stereocenters. The van der Waals surface area contributed by atoms with Gasteiger partial charge in [0.2, 0.25) is 0 Å². The number of hydrogen-bond acceptors (Lipinski definition) is 6. The predicted molar refractivity (Wildman–Crippen MR) is 174 cm³/mol. The summed E-state index contributed by atoms with van der Waals surface area (Å²) in [6.45, 7) is 4.18. The van der Waals surface area contributed by atoms with Crippen LogP contribution in [0, 0.1) is 0 Å². The van der Waals surface area contributed by atoms with Crippen molar-refractivity contribution < 1.29 is 29.2 Å². The molecule has 0 aliphatic carbocycles. The number of esters is 1. The van der Waals surface area contributed by atoms with Crippen LogP contribution in [0.25, 0.3) is 0 Å². The zero-order chi connectivity index (χ0) is 30.7. The Balaban J connectivity index is 1.13. The molecule has 2 fully saturated rings. The van der Waals surface area contributed by atoms with Crippen LogP contribution in [0.15, 0.2) is 11.6 Å². The maximum absolute atomic E-state index is 11.6. The van der Waals surface area contributed by atoms with Crippen molar-refractivity contribution in [2.75, 3.05) is 0 Å². The molecule has 2 N–H and O–H groups in total. The summed E-state index contributed by atoms with van der Waals surface area (Å²) in [7, 11) is 0. The van der Waals surface area contributed by atoms with E-state index in [1.165, 1.54) is 89.9 Å². The number of rotatable bonds is 25. The van der Waals surface area contributed by atoms with E-state index >= 15 is 0 Å². The van der Waals surface area contributed by atoms with Crippen LogP contribution in [-0.2, 0) is 19.0 Å². The lowest BCUT2D eigenvalue weighted by atomic mass is 10.00. The summed E-state index contributed by atoms with van der Waals surface area (Å²) in [5.41, 5.74) is 0.859. The van der Waals surface area contributed by atoms with Gasteiger partial charge in [-0.3, -0.25) is 0 Å². The fourth-order valence-corrected chi connectivity index (χ4v) is 7.25. The third-order valence-corrected chi connectivity index (χ3v) is 9.98. The van der Waals surface area contributed by atoms with E-state index in [0.717, 1.165) is 76.2 Å². The van der Waals surface area contributed by atoms with E-state index in [4.69, 9.17) is 14.2 Å². The average molecular weight is 607 g/mol. The molecular formula is C37H66O6. The Labute approximate surface area is 263 Å². The summed E-state index contributed by atoms with van der Waals surface area (Å²) in [6, 6.07) is 0. The van der Waals surface area contributed by atoms with Gasteiger partial charge in [0.1, 0.15) is 6.10 Å². The topological polar surface area (TPSA) is 85.2 Å². The molecule has 7 atom stereocenters. The molecule has 0 saturated carbocycles. The minimum absolute atomic E-state index is 0.0524. The van der Waals surface area contributed by atoms with E-state index < -0.39 is 0 Å². The van der Waals surface area contributed by atoms with Crippen LogP contribution >= 0.6 is 0 Å². The summed E-state index contributed by atoms with van der Waals surface area (Å²) in [5.74, 6) is -0.126. The number of carbonyl (C=O) groups is 1. The highest BCUT2D eigenvalue weighted by atomic mass is 16.6. The normalized spacial score (nSPS) is 27.0. The first kappa shape index (κ1) is 36.5. The number of carbonyl (C=O) groups excluding carboxylic acids is 1. The highest BCUT2D eigenvalue weighted by Gasteiger charge is 2.40. The lowest BCUT2D eigenvalue weighted by Crippen LogP contribution is -2.33. The first-order valence-corrected chi connectivity index (χ1v) is 18.6. The van der Waals surface area contributed by atoms with E-state index in [9.17, 15) is 15.0 Å². The molecule has 0 radical (unpaired) electrons. The Morgan fingerprint density at radius 2 is 1.07 bits per heavy atom. The van der Waals surface area contributed by atoms with Crippen LogP contribution in [0.3, 0.4) is 0 Å². The standard InChI is InChI=1S/C37H66O6/c1-3-4-5-6-7-8-9-13-16-19-22-31(38)33-24-26-35(42-33)36-27-25-34(43-36)32(39)23-20-17-14-11-10-12-15-18-21-30-28-29(2)41-37(30)40/h28-29,31-36,38-39H,3-27H2,1-2H3/t29?,31-,32-,33-,34-,35-,36-/m1/s1. The molecule has 2 saturated heterocycles. The monoisotopic (exact) mass is 606 g/mol. The number of ether oxygens (including phenoxy) is 3. The van der Waals surface area contributed by atoms with Crippen LogP contribution < -0.4 is 0 Å². The van der Waals surface area contributed by atoms with Gasteiger partial charge in [0.25, 0.3) is 0 Å². The molecule has 0 spiro atoms. The molecule has 0 bridgehead atoms. The summed E-state index contributed by atoms with van der Waals surface area (Å²) < 4.78 is 17.7. The van der Waals surface area contributed by atoms with Crippen molar-refractivity contribution >= 4 is 5.97 Å². The smallest absolute Gasteiger partial charge is 0.334 e. The molecule has 0 aromatic rings. The highest BCUT2D eigenvalue weighted by molar-refractivity contribution is 5.90. The van der Waals surface area contributed by atoms with E-state index in [0.29, 0.717) is 0 Å². The largest absolute Gasteiger partial charge is 0.455 e. The number of cyclic esters (lactones) is 1. The Hall–Kier alpha value is -0.950. The number of aliphatic hydroxyl groups excluding tert-OH is 2. The Morgan fingerprint density at radius 3 is 1.49 bits per heavy atom. The maximum Gasteiger partial charge on any atom is 0.334 e. The van der Waals surface area contributed by atoms with Gasteiger partial charge in [-0.2, -0.15) is 0 Å². The number of hydrogen-bond donors (Lipinski definition) is 2. The summed E-state index contributed by atoms with van der Waals surface area (Å²) >= 11 is 0. The minimum atomic E-state index is -0.386. The van der Waals surface area contributed by atoms with E-state index in [1.807, 2.05) is 13.0 Å². The van der Waals surface area contributed by atoms with E-state index in [2.05, 4.69) is 6.92 Å². The zero-order valence-electron chi connectivity index (χ0n) is 27.8. The molecule has 3 aliphatic rings. The zero-order valence-corrected chi connectivity index (χ0v) is 27.8. The first-order valence-electron chi connectivity index (χ1n) is 18.6.